The number of anilines is 1. The molecule has 0 aromatic heterocycles. The molecule has 152 valence electrons. The molecule has 2 N–H and O–H groups in total. The van der Waals surface area contributed by atoms with Gasteiger partial charge in [0.05, 0.1) is 24.8 Å². The van der Waals surface area contributed by atoms with Crippen LogP contribution in [0.3, 0.4) is 0 Å². The Morgan fingerprint density at radius 3 is 2.29 bits per heavy atom. The summed E-state index contributed by atoms with van der Waals surface area (Å²) in [6.45, 7) is 4.06. The molecular formula is C20H26N2O5S. The van der Waals surface area contributed by atoms with Crippen LogP contribution in [-0.2, 0) is 14.8 Å². The third-order valence-corrected chi connectivity index (χ3v) is 5.66. The molecule has 0 bridgehead atoms. The first-order valence-corrected chi connectivity index (χ1v) is 10.4. The number of methoxy groups -OCH3 is 2. The fraction of sp³-hybridized carbons (Fsp3) is 0.350. The summed E-state index contributed by atoms with van der Waals surface area (Å²) in [4.78, 5) is 12.3. The van der Waals surface area contributed by atoms with E-state index in [1.165, 1.54) is 14.2 Å². The number of hydrogen-bond donors (Lipinski definition) is 2. The van der Waals surface area contributed by atoms with Crippen molar-refractivity contribution in [1.82, 2.24) is 4.72 Å². The third-order valence-electron chi connectivity index (χ3n) is 4.18. The molecule has 0 aliphatic carbocycles. The SMILES string of the molecule is COc1ccc(NC(=O)CCNS(=O)(=O)c2ccc(C(C)C)cc2)c(OC)c1. The average molecular weight is 407 g/mol. The summed E-state index contributed by atoms with van der Waals surface area (Å²) in [6, 6.07) is 11.7. The maximum atomic E-state index is 12.3. The molecule has 2 aromatic carbocycles. The van der Waals surface area contributed by atoms with Gasteiger partial charge in [0.15, 0.2) is 0 Å². The molecule has 0 spiro atoms. The van der Waals surface area contributed by atoms with Crippen LogP contribution in [0.2, 0.25) is 0 Å². The van der Waals surface area contributed by atoms with Crippen LogP contribution in [0.4, 0.5) is 5.69 Å². The number of amides is 1. The predicted octanol–water partition coefficient (Wildman–Crippen LogP) is 3.13. The second kappa shape index (κ2) is 9.57. The van der Waals surface area contributed by atoms with Gasteiger partial charge in [0.2, 0.25) is 15.9 Å². The average Bonchev–Trinajstić information content (AvgIpc) is 2.68. The Kier molecular flexibility index (Phi) is 7.42. The van der Waals surface area contributed by atoms with Gasteiger partial charge in [-0.1, -0.05) is 26.0 Å². The van der Waals surface area contributed by atoms with Gasteiger partial charge in [-0.25, -0.2) is 13.1 Å². The van der Waals surface area contributed by atoms with Crippen molar-refractivity contribution in [3.8, 4) is 11.5 Å². The fourth-order valence-electron chi connectivity index (χ4n) is 2.53. The molecular weight excluding hydrogens is 380 g/mol. The number of hydrogen-bond acceptors (Lipinski definition) is 5. The first-order valence-electron chi connectivity index (χ1n) is 8.88. The summed E-state index contributed by atoms with van der Waals surface area (Å²) in [7, 11) is -0.638. The van der Waals surface area contributed by atoms with Gasteiger partial charge in [0, 0.05) is 19.0 Å². The molecule has 8 heteroatoms. The number of carbonyl (C=O) groups is 1. The summed E-state index contributed by atoms with van der Waals surface area (Å²) >= 11 is 0. The van der Waals surface area contributed by atoms with Crippen molar-refractivity contribution >= 4 is 21.6 Å². The van der Waals surface area contributed by atoms with Crippen LogP contribution in [-0.4, -0.2) is 35.1 Å². The lowest BCUT2D eigenvalue weighted by atomic mass is 10.0. The minimum absolute atomic E-state index is 0.0153. The van der Waals surface area contributed by atoms with Crippen LogP contribution in [0, 0.1) is 0 Å². The zero-order valence-corrected chi connectivity index (χ0v) is 17.3. The lowest BCUT2D eigenvalue weighted by Gasteiger charge is -2.12. The normalized spacial score (nSPS) is 11.3. The van der Waals surface area contributed by atoms with Crippen LogP contribution in [0.25, 0.3) is 0 Å². The van der Waals surface area contributed by atoms with Gasteiger partial charge in [-0.3, -0.25) is 4.79 Å². The Bertz CT molecular complexity index is 909. The van der Waals surface area contributed by atoms with Gasteiger partial charge in [0.25, 0.3) is 0 Å². The van der Waals surface area contributed by atoms with Crippen LogP contribution >= 0.6 is 0 Å². The minimum atomic E-state index is -3.66. The molecule has 0 fully saturated rings. The van der Waals surface area contributed by atoms with Gasteiger partial charge in [-0.05, 0) is 35.7 Å². The molecule has 0 heterocycles. The topological polar surface area (TPSA) is 93.7 Å². The molecule has 0 radical (unpaired) electrons. The summed E-state index contributed by atoms with van der Waals surface area (Å²) in [6.07, 6.45) is -0.0154. The lowest BCUT2D eigenvalue weighted by Crippen LogP contribution is -2.28. The summed E-state index contributed by atoms with van der Waals surface area (Å²) in [5.74, 6) is 1.05. The van der Waals surface area contributed by atoms with E-state index in [1.54, 1.807) is 42.5 Å². The number of carbonyl (C=O) groups excluding carboxylic acids is 1. The smallest absolute Gasteiger partial charge is 0.240 e. The largest absolute Gasteiger partial charge is 0.497 e. The van der Waals surface area contributed by atoms with Gasteiger partial charge < -0.3 is 14.8 Å². The highest BCUT2D eigenvalue weighted by molar-refractivity contribution is 7.89. The van der Waals surface area contributed by atoms with E-state index in [0.29, 0.717) is 23.1 Å². The summed E-state index contributed by atoms with van der Waals surface area (Å²) < 4.78 is 37.5. The molecule has 0 saturated carbocycles. The number of sulfonamides is 1. The molecule has 7 nitrogen and oxygen atoms in total. The quantitative estimate of drug-likeness (QED) is 0.667. The van der Waals surface area contributed by atoms with E-state index in [4.69, 9.17) is 9.47 Å². The highest BCUT2D eigenvalue weighted by Crippen LogP contribution is 2.29. The minimum Gasteiger partial charge on any atom is -0.497 e. The van der Waals surface area contributed by atoms with Crippen molar-refractivity contribution in [2.24, 2.45) is 0 Å². The fourth-order valence-corrected chi connectivity index (χ4v) is 3.56. The van der Waals surface area contributed by atoms with Gasteiger partial charge in [0.1, 0.15) is 11.5 Å². The van der Waals surface area contributed by atoms with Crippen LogP contribution < -0.4 is 19.5 Å². The zero-order chi connectivity index (χ0) is 20.7. The highest BCUT2D eigenvalue weighted by Gasteiger charge is 2.15. The second-order valence-corrected chi connectivity index (χ2v) is 8.25. The molecule has 0 aliphatic heterocycles. The van der Waals surface area contributed by atoms with Crippen molar-refractivity contribution < 1.29 is 22.7 Å². The van der Waals surface area contributed by atoms with Crippen LogP contribution in [0.15, 0.2) is 47.4 Å². The molecule has 2 rings (SSSR count). The summed E-state index contributed by atoms with van der Waals surface area (Å²) in [5, 5.41) is 2.70. The first-order chi connectivity index (χ1) is 13.3. The van der Waals surface area contributed by atoms with Crippen molar-refractivity contribution in [3.63, 3.8) is 0 Å². The number of ether oxygens (including phenoxy) is 2. The number of benzene rings is 2. The monoisotopic (exact) mass is 406 g/mol. The van der Waals surface area contributed by atoms with Crippen LogP contribution in [0.5, 0.6) is 11.5 Å². The van der Waals surface area contributed by atoms with Crippen molar-refractivity contribution in [2.45, 2.75) is 31.1 Å². The highest BCUT2D eigenvalue weighted by atomic mass is 32.2. The Balaban J connectivity index is 1.92. The molecule has 0 unspecified atom stereocenters. The Hall–Kier alpha value is -2.58. The number of nitrogens with one attached hydrogen (secondary N) is 2. The van der Waals surface area contributed by atoms with E-state index in [1.807, 2.05) is 13.8 Å². The molecule has 2 aromatic rings. The van der Waals surface area contributed by atoms with Gasteiger partial charge in [-0.2, -0.15) is 0 Å². The van der Waals surface area contributed by atoms with E-state index < -0.39 is 10.0 Å². The van der Waals surface area contributed by atoms with Crippen LogP contribution in [0.1, 0.15) is 31.7 Å². The maximum Gasteiger partial charge on any atom is 0.240 e. The van der Waals surface area contributed by atoms with E-state index >= 15 is 0 Å². The first kappa shape index (κ1) is 21.7. The van der Waals surface area contributed by atoms with Crippen molar-refractivity contribution in [1.29, 1.82) is 0 Å². The predicted molar refractivity (Wildman–Crippen MR) is 109 cm³/mol. The van der Waals surface area contributed by atoms with Gasteiger partial charge in [-0.15, -0.1) is 0 Å². The van der Waals surface area contributed by atoms with E-state index in [9.17, 15) is 13.2 Å². The standard InChI is InChI=1S/C20H26N2O5S/c1-14(2)15-5-8-17(9-6-15)28(24,25)21-12-11-20(23)22-18-10-7-16(26-3)13-19(18)27-4/h5-10,13-14,21H,11-12H2,1-4H3,(H,22,23). The molecule has 0 atom stereocenters. The number of rotatable bonds is 9. The Morgan fingerprint density at radius 2 is 1.71 bits per heavy atom. The van der Waals surface area contributed by atoms with Gasteiger partial charge >= 0.3 is 0 Å². The molecule has 28 heavy (non-hydrogen) atoms. The van der Waals surface area contributed by atoms with E-state index in [-0.39, 0.29) is 23.8 Å². The van der Waals surface area contributed by atoms with Crippen molar-refractivity contribution in [2.75, 3.05) is 26.1 Å². The summed E-state index contributed by atoms with van der Waals surface area (Å²) in [5.41, 5.74) is 1.55. The Labute approximate surface area is 166 Å². The third kappa shape index (κ3) is 5.71. The Morgan fingerprint density at radius 1 is 1.04 bits per heavy atom. The zero-order valence-electron chi connectivity index (χ0n) is 16.5. The second-order valence-electron chi connectivity index (χ2n) is 6.49. The van der Waals surface area contributed by atoms with Crippen molar-refractivity contribution in [3.05, 3.63) is 48.0 Å². The molecule has 1 amide bonds. The molecule has 0 saturated heterocycles. The van der Waals surface area contributed by atoms with E-state index in [0.717, 1.165) is 5.56 Å². The molecule has 0 aliphatic rings. The maximum absolute atomic E-state index is 12.3. The van der Waals surface area contributed by atoms with E-state index in [2.05, 4.69) is 10.0 Å². The lowest BCUT2D eigenvalue weighted by molar-refractivity contribution is -0.116.